The molecule has 6 nitrogen and oxygen atoms in total. The van der Waals surface area contributed by atoms with Crippen LogP contribution in [0.4, 0.5) is 0 Å². The third-order valence-corrected chi connectivity index (χ3v) is 3.68. The average molecular weight is 344 g/mol. The van der Waals surface area contributed by atoms with Gasteiger partial charge in [0.05, 0.1) is 0 Å². The van der Waals surface area contributed by atoms with Crippen molar-refractivity contribution in [3.63, 3.8) is 0 Å². The summed E-state index contributed by atoms with van der Waals surface area (Å²) in [6.07, 6.45) is 1.79. The van der Waals surface area contributed by atoms with Crippen LogP contribution in [0.1, 0.15) is 40.5 Å². The largest absolute Gasteiger partial charge is 0.449 e. The van der Waals surface area contributed by atoms with Crippen LogP contribution in [0.15, 0.2) is 34.8 Å². The van der Waals surface area contributed by atoms with Crippen molar-refractivity contribution >= 4 is 29.1 Å². The summed E-state index contributed by atoms with van der Waals surface area (Å²) < 4.78 is 10.7. The number of esters is 1. The van der Waals surface area contributed by atoms with Gasteiger partial charge in [-0.1, -0.05) is 12.1 Å². The monoisotopic (exact) mass is 344 g/mol. The molecule has 0 radical (unpaired) electrons. The molecule has 1 amide bonds. The maximum atomic E-state index is 12.4. The maximum Gasteiger partial charge on any atom is 0.331 e. The first-order valence-corrected chi connectivity index (χ1v) is 8.36. The number of ether oxygens (including phenoxy) is 1. The van der Waals surface area contributed by atoms with E-state index in [0.717, 1.165) is 0 Å². The van der Waals surface area contributed by atoms with Crippen molar-refractivity contribution in [2.24, 2.45) is 0 Å². The molecule has 2 rings (SSSR count). The van der Waals surface area contributed by atoms with Gasteiger partial charge in [0.15, 0.2) is 11.7 Å². The lowest BCUT2D eigenvalue weighted by Crippen LogP contribution is -2.47. The van der Waals surface area contributed by atoms with Crippen LogP contribution in [-0.2, 0) is 14.3 Å². The number of carbonyl (C=O) groups is 2. The number of aromatic nitrogens is 1. The summed E-state index contributed by atoms with van der Waals surface area (Å²) in [5.41, 5.74) is 1.35. The molecule has 0 aliphatic heterocycles. The summed E-state index contributed by atoms with van der Waals surface area (Å²) in [6, 6.07) is 7.38. The van der Waals surface area contributed by atoms with Gasteiger partial charge in [-0.05, 0) is 46.8 Å². The Balaban J connectivity index is 1.99. The van der Waals surface area contributed by atoms with Crippen molar-refractivity contribution in [1.82, 2.24) is 9.88 Å². The topological polar surface area (TPSA) is 72.6 Å². The Morgan fingerprint density at radius 1 is 1.12 bits per heavy atom. The van der Waals surface area contributed by atoms with Crippen molar-refractivity contribution in [1.29, 1.82) is 0 Å². The van der Waals surface area contributed by atoms with Gasteiger partial charge in [-0.15, -0.1) is 0 Å². The first kappa shape index (κ1) is 18.7. The molecule has 0 spiro atoms. The number of fused-ring (bicyclic) bond motifs is 1. The highest BCUT2D eigenvalue weighted by Crippen LogP contribution is 2.15. The maximum absolute atomic E-state index is 12.4. The van der Waals surface area contributed by atoms with Gasteiger partial charge in [0.25, 0.3) is 5.91 Å². The van der Waals surface area contributed by atoms with Crippen LogP contribution in [0, 0.1) is 0 Å². The van der Waals surface area contributed by atoms with Gasteiger partial charge in [-0.2, -0.15) is 0 Å². The summed E-state index contributed by atoms with van der Waals surface area (Å²) in [5.74, 6) is -0.521. The Kier molecular flexibility index (Phi) is 5.96. The lowest BCUT2D eigenvalue weighted by molar-refractivity contribution is -0.157. The van der Waals surface area contributed by atoms with E-state index in [4.69, 9.17) is 9.15 Å². The van der Waals surface area contributed by atoms with Gasteiger partial charge >= 0.3 is 5.97 Å². The lowest BCUT2D eigenvalue weighted by atomic mass is 10.2. The lowest BCUT2D eigenvalue weighted by Gasteiger charge is -2.32. The molecule has 2 aromatic rings. The van der Waals surface area contributed by atoms with Crippen molar-refractivity contribution in [3.05, 3.63) is 36.2 Å². The summed E-state index contributed by atoms with van der Waals surface area (Å²) in [5, 5.41) is 0. The van der Waals surface area contributed by atoms with Crippen LogP contribution in [-0.4, -0.2) is 39.9 Å². The van der Waals surface area contributed by atoms with E-state index in [0.29, 0.717) is 17.0 Å². The first-order chi connectivity index (χ1) is 11.8. The van der Waals surface area contributed by atoms with Gasteiger partial charge in [-0.25, -0.2) is 9.78 Å². The zero-order chi connectivity index (χ0) is 18.6. The normalized spacial score (nSPS) is 12.9. The molecular formula is C19H24N2O4. The van der Waals surface area contributed by atoms with E-state index in [1.54, 1.807) is 17.9 Å². The number of benzene rings is 1. The molecule has 134 valence electrons. The van der Waals surface area contributed by atoms with Crippen molar-refractivity contribution in [2.45, 2.75) is 52.8 Å². The molecule has 1 aromatic heterocycles. The molecule has 0 aliphatic carbocycles. The molecule has 0 unspecified atom stereocenters. The first-order valence-electron chi connectivity index (χ1n) is 8.36. The second kappa shape index (κ2) is 7.96. The Morgan fingerprint density at radius 3 is 2.36 bits per heavy atom. The molecule has 1 atom stereocenters. The predicted molar refractivity (Wildman–Crippen MR) is 95.7 cm³/mol. The Labute approximate surface area is 147 Å². The number of carbonyl (C=O) groups excluding carboxylic acids is 2. The van der Waals surface area contributed by atoms with Gasteiger partial charge in [0, 0.05) is 24.2 Å². The van der Waals surface area contributed by atoms with E-state index < -0.39 is 12.1 Å². The van der Waals surface area contributed by atoms with E-state index in [1.807, 2.05) is 45.9 Å². The summed E-state index contributed by atoms with van der Waals surface area (Å²) in [4.78, 5) is 30.3. The Hall–Kier alpha value is -2.63. The molecule has 0 saturated heterocycles. The smallest absolute Gasteiger partial charge is 0.331 e. The van der Waals surface area contributed by atoms with Crippen LogP contribution >= 0.6 is 0 Å². The second-order valence-electron chi connectivity index (χ2n) is 6.37. The summed E-state index contributed by atoms with van der Waals surface area (Å²) in [7, 11) is 0. The minimum Gasteiger partial charge on any atom is -0.449 e. The third-order valence-electron chi connectivity index (χ3n) is 3.68. The van der Waals surface area contributed by atoms with Gasteiger partial charge in [0.2, 0.25) is 5.89 Å². The number of oxazole rings is 1. The SMILES string of the molecule is CC(C)N(C(=O)[C@H](C)OC(=O)/C=C/c1nc2ccccc2o1)C(C)C. The number of amides is 1. The van der Waals surface area contributed by atoms with Crippen LogP contribution in [0.2, 0.25) is 0 Å². The van der Waals surface area contributed by atoms with Crippen LogP contribution in [0.3, 0.4) is 0 Å². The number of nitrogens with zero attached hydrogens (tertiary/aromatic N) is 2. The predicted octanol–water partition coefficient (Wildman–Crippen LogP) is 3.42. The number of para-hydroxylation sites is 2. The highest BCUT2D eigenvalue weighted by atomic mass is 16.5. The average Bonchev–Trinajstić information content (AvgIpc) is 2.95. The fraction of sp³-hybridized carbons (Fsp3) is 0.421. The van der Waals surface area contributed by atoms with E-state index >= 15 is 0 Å². The van der Waals surface area contributed by atoms with Crippen LogP contribution in [0.25, 0.3) is 17.2 Å². The summed E-state index contributed by atoms with van der Waals surface area (Å²) >= 11 is 0. The van der Waals surface area contributed by atoms with Crippen LogP contribution < -0.4 is 0 Å². The molecule has 0 fully saturated rings. The zero-order valence-corrected chi connectivity index (χ0v) is 15.2. The van der Waals surface area contributed by atoms with E-state index in [2.05, 4.69) is 4.98 Å². The van der Waals surface area contributed by atoms with Crippen molar-refractivity contribution in [3.8, 4) is 0 Å². The van der Waals surface area contributed by atoms with Crippen LogP contribution in [0.5, 0.6) is 0 Å². The minimum atomic E-state index is -0.856. The van der Waals surface area contributed by atoms with Gasteiger partial charge in [-0.3, -0.25) is 4.79 Å². The van der Waals surface area contributed by atoms with Crippen molar-refractivity contribution in [2.75, 3.05) is 0 Å². The van der Waals surface area contributed by atoms with E-state index in [9.17, 15) is 9.59 Å². The quantitative estimate of drug-likeness (QED) is 0.593. The second-order valence-corrected chi connectivity index (χ2v) is 6.37. The van der Waals surface area contributed by atoms with Gasteiger partial charge in [0.1, 0.15) is 5.52 Å². The fourth-order valence-corrected chi connectivity index (χ4v) is 2.68. The Morgan fingerprint density at radius 2 is 1.76 bits per heavy atom. The molecule has 6 heteroatoms. The number of rotatable bonds is 6. The molecule has 1 aromatic carbocycles. The highest BCUT2D eigenvalue weighted by Gasteiger charge is 2.27. The number of hydrogen-bond acceptors (Lipinski definition) is 5. The van der Waals surface area contributed by atoms with Gasteiger partial charge < -0.3 is 14.1 Å². The molecule has 0 bridgehead atoms. The zero-order valence-electron chi connectivity index (χ0n) is 15.2. The summed E-state index contributed by atoms with van der Waals surface area (Å²) in [6.45, 7) is 9.30. The Bertz CT molecular complexity index is 736. The number of hydrogen-bond donors (Lipinski definition) is 0. The molecule has 0 N–H and O–H groups in total. The fourth-order valence-electron chi connectivity index (χ4n) is 2.68. The molecule has 1 heterocycles. The van der Waals surface area contributed by atoms with E-state index in [1.165, 1.54) is 12.2 Å². The molecular weight excluding hydrogens is 320 g/mol. The van der Waals surface area contributed by atoms with Crippen molar-refractivity contribution < 1.29 is 18.7 Å². The standard InChI is InChI=1S/C19H24N2O4/c1-12(2)21(13(3)4)19(23)14(5)24-18(22)11-10-17-20-15-8-6-7-9-16(15)25-17/h6-14H,1-5H3/b11-10+/t14-/m0/s1. The molecule has 0 saturated carbocycles. The van der Waals surface area contributed by atoms with E-state index in [-0.39, 0.29) is 18.0 Å². The third kappa shape index (κ3) is 4.68. The minimum absolute atomic E-state index is 0.0314. The molecule has 0 aliphatic rings. The highest BCUT2D eigenvalue weighted by molar-refractivity contribution is 5.90. The molecule has 25 heavy (non-hydrogen) atoms.